The third-order valence-corrected chi connectivity index (χ3v) is 4.65. The van der Waals surface area contributed by atoms with E-state index in [1.807, 2.05) is 24.4 Å². The molecule has 1 aromatic carbocycles. The Balaban J connectivity index is 1.50. The number of nitrogens with one attached hydrogen (secondary N) is 3. The highest BCUT2D eigenvalue weighted by atomic mass is 35.5. The molecule has 0 unspecified atom stereocenters. The van der Waals surface area contributed by atoms with E-state index in [1.54, 1.807) is 9.80 Å². The maximum Gasteiger partial charge on any atom is 0.234 e. The number of H-pyrrole nitrogens is 1. The third kappa shape index (κ3) is 4.03. The van der Waals surface area contributed by atoms with Gasteiger partial charge < -0.3 is 9.80 Å². The van der Waals surface area contributed by atoms with Gasteiger partial charge in [-0.3, -0.25) is 0 Å². The van der Waals surface area contributed by atoms with Crippen molar-refractivity contribution < 1.29 is 14.8 Å². The van der Waals surface area contributed by atoms with Gasteiger partial charge >= 0.3 is 0 Å². The van der Waals surface area contributed by atoms with Gasteiger partial charge in [-0.1, -0.05) is 29.8 Å². The third-order valence-electron chi connectivity index (χ3n) is 4.28. The van der Waals surface area contributed by atoms with Crippen LogP contribution in [-0.2, 0) is 13.1 Å². The molecule has 2 heterocycles. The second-order valence-electron chi connectivity index (χ2n) is 5.83. The monoisotopic (exact) mass is 304 g/mol. The molecule has 1 fully saturated rings. The van der Waals surface area contributed by atoms with Crippen molar-refractivity contribution in [1.29, 1.82) is 0 Å². The van der Waals surface area contributed by atoms with E-state index in [0.29, 0.717) is 0 Å². The Hall–Kier alpha value is -1.42. The van der Waals surface area contributed by atoms with Crippen molar-refractivity contribution in [2.75, 3.05) is 26.2 Å². The van der Waals surface area contributed by atoms with Crippen molar-refractivity contribution in [2.45, 2.75) is 13.1 Å². The molecular formula is C17H23ClN3+3. The van der Waals surface area contributed by atoms with Gasteiger partial charge in [0.05, 0.1) is 0 Å². The number of hydrogen-bond acceptors (Lipinski definition) is 0. The Bertz CT molecular complexity index is 565. The summed E-state index contributed by atoms with van der Waals surface area (Å²) in [5.41, 5.74) is 2.59. The Morgan fingerprint density at radius 1 is 0.857 bits per heavy atom. The fourth-order valence-corrected chi connectivity index (χ4v) is 3.23. The molecule has 3 nitrogen and oxygen atoms in total. The molecular weight excluding hydrogens is 282 g/mol. The van der Waals surface area contributed by atoms with E-state index in [0.717, 1.165) is 18.1 Å². The van der Waals surface area contributed by atoms with Crippen LogP contribution in [-0.4, -0.2) is 26.2 Å². The average Bonchev–Trinajstić information content (AvgIpc) is 2.52. The minimum atomic E-state index is 0.902. The summed E-state index contributed by atoms with van der Waals surface area (Å²) >= 11 is 6.26. The molecule has 1 saturated heterocycles. The Kier molecular flexibility index (Phi) is 4.86. The van der Waals surface area contributed by atoms with Gasteiger partial charge in [-0.25, -0.2) is 4.98 Å². The first kappa shape index (κ1) is 14.5. The molecule has 0 saturated carbocycles. The summed E-state index contributed by atoms with van der Waals surface area (Å²) in [5, 5.41) is 0.902. The van der Waals surface area contributed by atoms with Crippen LogP contribution in [0.1, 0.15) is 11.3 Å². The van der Waals surface area contributed by atoms with E-state index >= 15 is 0 Å². The number of rotatable bonds is 4. The van der Waals surface area contributed by atoms with Gasteiger partial charge in [0.1, 0.15) is 32.7 Å². The van der Waals surface area contributed by atoms with Crippen LogP contribution in [0.15, 0.2) is 48.7 Å². The Labute approximate surface area is 131 Å². The first-order chi connectivity index (χ1) is 10.3. The summed E-state index contributed by atoms with van der Waals surface area (Å²) in [6.07, 6.45) is 2.01. The number of quaternary nitrogens is 2. The van der Waals surface area contributed by atoms with Crippen LogP contribution >= 0.6 is 11.6 Å². The SMILES string of the molecule is Clc1ccccc1C[NH+]1CC[NH+](Cc2cccc[nH+]2)CC1. The molecule has 0 radical (unpaired) electrons. The van der Waals surface area contributed by atoms with Gasteiger partial charge in [0.15, 0.2) is 12.7 Å². The number of aromatic amines is 1. The van der Waals surface area contributed by atoms with Crippen LogP contribution in [0.5, 0.6) is 0 Å². The lowest BCUT2D eigenvalue weighted by atomic mass is 10.2. The molecule has 3 rings (SSSR count). The van der Waals surface area contributed by atoms with Gasteiger partial charge in [0.25, 0.3) is 0 Å². The lowest BCUT2D eigenvalue weighted by molar-refractivity contribution is -1.03. The highest BCUT2D eigenvalue weighted by molar-refractivity contribution is 6.31. The summed E-state index contributed by atoms with van der Waals surface area (Å²) < 4.78 is 0. The van der Waals surface area contributed by atoms with Gasteiger partial charge in [0.2, 0.25) is 5.69 Å². The fourth-order valence-electron chi connectivity index (χ4n) is 3.03. The first-order valence-electron chi connectivity index (χ1n) is 7.67. The quantitative estimate of drug-likeness (QED) is 0.770. The number of pyridine rings is 1. The van der Waals surface area contributed by atoms with E-state index < -0.39 is 0 Å². The van der Waals surface area contributed by atoms with Gasteiger partial charge in [0, 0.05) is 22.7 Å². The molecule has 0 spiro atoms. The average molecular weight is 305 g/mol. The number of hydrogen-bond donors (Lipinski definition) is 2. The molecule has 3 N–H and O–H groups in total. The van der Waals surface area contributed by atoms with E-state index in [-0.39, 0.29) is 0 Å². The zero-order chi connectivity index (χ0) is 14.5. The summed E-state index contributed by atoms with van der Waals surface area (Å²) in [7, 11) is 0. The molecule has 110 valence electrons. The fraction of sp³-hybridized carbons (Fsp3) is 0.353. The molecule has 0 bridgehead atoms. The number of benzene rings is 1. The first-order valence-corrected chi connectivity index (χ1v) is 8.05. The van der Waals surface area contributed by atoms with Crippen molar-refractivity contribution >= 4 is 11.6 Å². The summed E-state index contributed by atoms with van der Waals surface area (Å²) in [5.74, 6) is 0. The standard InChI is InChI=1S/C17H20ClN3/c18-17-7-2-1-5-15(17)13-20-9-11-21(12-10-20)14-16-6-3-4-8-19-16/h1-8H,9-14H2/p+3. The predicted molar refractivity (Wildman–Crippen MR) is 83.3 cm³/mol. The molecule has 0 aliphatic carbocycles. The number of piperazine rings is 1. The van der Waals surface area contributed by atoms with E-state index in [9.17, 15) is 0 Å². The lowest BCUT2D eigenvalue weighted by Crippen LogP contribution is -3.27. The van der Waals surface area contributed by atoms with Gasteiger partial charge in [-0.2, -0.15) is 0 Å². The molecule has 21 heavy (non-hydrogen) atoms. The second kappa shape index (κ2) is 7.03. The highest BCUT2D eigenvalue weighted by Gasteiger charge is 2.24. The molecule has 1 aliphatic rings. The predicted octanol–water partition coefficient (Wildman–Crippen LogP) is -0.362. The largest absolute Gasteiger partial charge is 0.322 e. The molecule has 4 heteroatoms. The van der Waals surface area contributed by atoms with Crippen LogP contribution in [0.2, 0.25) is 5.02 Å². The minimum Gasteiger partial charge on any atom is -0.322 e. The van der Waals surface area contributed by atoms with E-state index in [4.69, 9.17) is 11.6 Å². The Morgan fingerprint density at radius 3 is 2.19 bits per heavy atom. The van der Waals surface area contributed by atoms with Gasteiger partial charge in [-0.05, 0) is 12.1 Å². The van der Waals surface area contributed by atoms with Crippen molar-refractivity contribution in [3.05, 3.63) is 64.9 Å². The van der Waals surface area contributed by atoms with E-state index in [1.165, 1.54) is 37.4 Å². The maximum absolute atomic E-state index is 6.26. The maximum atomic E-state index is 6.26. The molecule has 0 atom stereocenters. The summed E-state index contributed by atoms with van der Waals surface area (Å²) in [6.45, 7) is 7.02. The van der Waals surface area contributed by atoms with Crippen molar-refractivity contribution in [1.82, 2.24) is 0 Å². The molecule has 2 aromatic rings. The minimum absolute atomic E-state index is 0.902. The van der Waals surface area contributed by atoms with Gasteiger partial charge in [-0.15, -0.1) is 0 Å². The lowest BCUT2D eigenvalue weighted by Gasteiger charge is -2.29. The Morgan fingerprint density at radius 2 is 1.52 bits per heavy atom. The molecule has 1 aliphatic heterocycles. The van der Waals surface area contributed by atoms with E-state index in [2.05, 4.69) is 29.2 Å². The van der Waals surface area contributed by atoms with Crippen LogP contribution in [0.3, 0.4) is 0 Å². The number of aromatic nitrogens is 1. The smallest absolute Gasteiger partial charge is 0.234 e. The van der Waals surface area contributed by atoms with Crippen molar-refractivity contribution in [3.8, 4) is 0 Å². The summed E-state index contributed by atoms with van der Waals surface area (Å²) in [6, 6.07) is 14.5. The topological polar surface area (TPSA) is 23.0 Å². The van der Waals surface area contributed by atoms with Crippen LogP contribution in [0.25, 0.3) is 0 Å². The number of halogens is 1. The highest BCUT2D eigenvalue weighted by Crippen LogP contribution is 2.13. The summed E-state index contributed by atoms with van der Waals surface area (Å²) in [4.78, 5) is 6.64. The zero-order valence-electron chi connectivity index (χ0n) is 12.2. The van der Waals surface area contributed by atoms with Crippen LogP contribution in [0, 0.1) is 0 Å². The van der Waals surface area contributed by atoms with Crippen molar-refractivity contribution in [2.24, 2.45) is 0 Å². The van der Waals surface area contributed by atoms with Crippen LogP contribution in [0.4, 0.5) is 0 Å². The molecule has 1 aromatic heterocycles. The second-order valence-corrected chi connectivity index (χ2v) is 6.24. The zero-order valence-corrected chi connectivity index (χ0v) is 13.0. The van der Waals surface area contributed by atoms with Crippen molar-refractivity contribution in [3.63, 3.8) is 0 Å². The van der Waals surface area contributed by atoms with Crippen LogP contribution < -0.4 is 14.8 Å². The normalized spacial score (nSPS) is 22.1. The molecule has 0 amide bonds.